The van der Waals surface area contributed by atoms with Gasteiger partial charge in [0.2, 0.25) is 0 Å². The topological polar surface area (TPSA) is 0 Å². The molecule has 0 heterocycles. The van der Waals surface area contributed by atoms with Gasteiger partial charge < -0.3 is 0 Å². The highest BCUT2D eigenvalue weighted by atomic mass is 14.1. The molecular formula is C14H21. The molecule has 0 N–H and O–H groups in total. The van der Waals surface area contributed by atoms with Crippen molar-refractivity contribution in [3.8, 4) is 0 Å². The van der Waals surface area contributed by atoms with E-state index in [0.29, 0.717) is 0 Å². The van der Waals surface area contributed by atoms with E-state index in [9.17, 15) is 0 Å². The standard InChI is InChI=1S/C14H21/c1-4-6-7-10-13-11-8-9-12(3)14(13)5-2/h8-9H,4-7,10H2,1-3H3. The van der Waals surface area contributed by atoms with Gasteiger partial charge >= 0.3 is 0 Å². The molecule has 0 aliphatic heterocycles. The summed E-state index contributed by atoms with van der Waals surface area (Å²) in [6.45, 7) is 6.69. The zero-order valence-electron chi connectivity index (χ0n) is 9.69. The second kappa shape index (κ2) is 5.85. The summed E-state index contributed by atoms with van der Waals surface area (Å²) < 4.78 is 0. The molecule has 0 amide bonds. The van der Waals surface area contributed by atoms with Crippen LogP contribution in [-0.2, 0) is 12.8 Å². The van der Waals surface area contributed by atoms with Crippen LogP contribution in [0.3, 0.4) is 0 Å². The second-order valence-electron chi connectivity index (χ2n) is 3.93. The van der Waals surface area contributed by atoms with Gasteiger partial charge in [0.1, 0.15) is 0 Å². The van der Waals surface area contributed by atoms with E-state index in [-0.39, 0.29) is 0 Å². The minimum absolute atomic E-state index is 1.14. The summed E-state index contributed by atoms with van der Waals surface area (Å²) in [6, 6.07) is 7.62. The fourth-order valence-corrected chi connectivity index (χ4v) is 1.96. The van der Waals surface area contributed by atoms with Crippen molar-refractivity contribution in [1.29, 1.82) is 0 Å². The zero-order chi connectivity index (χ0) is 10.4. The molecule has 1 aromatic carbocycles. The summed E-state index contributed by atoms with van der Waals surface area (Å²) in [5, 5.41) is 0. The monoisotopic (exact) mass is 189 g/mol. The summed E-state index contributed by atoms with van der Waals surface area (Å²) in [5.74, 6) is 0. The van der Waals surface area contributed by atoms with E-state index >= 15 is 0 Å². The van der Waals surface area contributed by atoms with Gasteiger partial charge in [-0.1, -0.05) is 38.8 Å². The average Bonchev–Trinajstić information content (AvgIpc) is 2.18. The Morgan fingerprint density at radius 3 is 2.64 bits per heavy atom. The van der Waals surface area contributed by atoms with Crippen LogP contribution in [0.4, 0.5) is 0 Å². The minimum Gasteiger partial charge on any atom is -0.0654 e. The summed E-state index contributed by atoms with van der Waals surface area (Å²) in [6.07, 6.45) is 6.30. The van der Waals surface area contributed by atoms with Crippen molar-refractivity contribution in [3.63, 3.8) is 0 Å². The maximum atomic E-state index is 3.39. The normalized spacial score (nSPS) is 10.5. The Morgan fingerprint density at radius 1 is 1.21 bits per heavy atom. The Kier molecular flexibility index (Phi) is 4.72. The highest BCUT2D eigenvalue weighted by molar-refractivity contribution is 5.33. The molecule has 0 unspecified atom stereocenters. The number of rotatable bonds is 5. The second-order valence-corrected chi connectivity index (χ2v) is 3.93. The molecular weight excluding hydrogens is 168 g/mol. The van der Waals surface area contributed by atoms with Crippen LogP contribution in [0, 0.1) is 13.0 Å². The summed E-state index contributed by atoms with van der Waals surface area (Å²) in [5.41, 5.74) is 4.39. The molecule has 0 atom stereocenters. The first-order valence-corrected chi connectivity index (χ1v) is 5.78. The quantitative estimate of drug-likeness (QED) is 0.612. The van der Waals surface area contributed by atoms with Gasteiger partial charge in [-0.05, 0) is 48.9 Å². The zero-order valence-corrected chi connectivity index (χ0v) is 9.69. The Bertz CT molecular complexity index is 273. The van der Waals surface area contributed by atoms with Crippen LogP contribution in [0.1, 0.15) is 49.8 Å². The van der Waals surface area contributed by atoms with E-state index in [1.165, 1.54) is 42.4 Å². The Labute approximate surface area is 88.4 Å². The molecule has 0 saturated heterocycles. The first-order chi connectivity index (χ1) is 6.79. The van der Waals surface area contributed by atoms with Crippen LogP contribution in [0.5, 0.6) is 0 Å². The van der Waals surface area contributed by atoms with Crippen molar-refractivity contribution in [2.24, 2.45) is 0 Å². The van der Waals surface area contributed by atoms with Crippen molar-refractivity contribution in [2.75, 3.05) is 0 Å². The van der Waals surface area contributed by atoms with E-state index in [4.69, 9.17) is 0 Å². The molecule has 0 nitrogen and oxygen atoms in total. The molecule has 0 fully saturated rings. The number of benzene rings is 1. The van der Waals surface area contributed by atoms with Gasteiger partial charge in [-0.3, -0.25) is 0 Å². The Balaban J connectivity index is 2.70. The van der Waals surface area contributed by atoms with E-state index in [2.05, 4.69) is 39.0 Å². The smallest absolute Gasteiger partial charge is 0.0146 e. The van der Waals surface area contributed by atoms with Gasteiger partial charge in [-0.15, -0.1) is 0 Å². The molecule has 0 saturated carbocycles. The SMILES string of the molecule is CCCCCc1[c]ccc(C)c1CC. The van der Waals surface area contributed by atoms with Crippen molar-refractivity contribution >= 4 is 0 Å². The van der Waals surface area contributed by atoms with Gasteiger partial charge in [-0.25, -0.2) is 0 Å². The summed E-state index contributed by atoms with van der Waals surface area (Å²) in [4.78, 5) is 0. The lowest BCUT2D eigenvalue weighted by Crippen LogP contribution is -1.96. The highest BCUT2D eigenvalue weighted by Crippen LogP contribution is 2.16. The Hall–Kier alpha value is -0.780. The van der Waals surface area contributed by atoms with Crippen LogP contribution >= 0.6 is 0 Å². The van der Waals surface area contributed by atoms with E-state index in [1.54, 1.807) is 0 Å². The van der Waals surface area contributed by atoms with Crippen LogP contribution in [0.15, 0.2) is 12.1 Å². The lowest BCUT2D eigenvalue weighted by Gasteiger charge is -2.09. The van der Waals surface area contributed by atoms with Gasteiger partial charge in [-0.2, -0.15) is 0 Å². The van der Waals surface area contributed by atoms with Crippen LogP contribution < -0.4 is 0 Å². The number of hydrogen-bond acceptors (Lipinski definition) is 0. The van der Waals surface area contributed by atoms with Crippen molar-refractivity contribution in [1.82, 2.24) is 0 Å². The molecule has 0 aliphatic rings. The Morgan fingerprint density at radius 2 is 2.00 bits per heavy atom. The predicted octanol–water partition coefficient (Wildman–Crippen LogP) is 4.09. The molecule has 1 radical (unpaired) electrons. The third kappa shape index (κ3) is 2.87. The molecule has 0 heteroatoms. The first kappa shape index (κ1) is 11.3. The summed E-state index contributed by atoms with van der Waals surface area (Å²) in [7, 11) is 0. The fraction of sp³-hybridized carbons (Fsp3) is 0.571. The van der Waals surface area contributed by atoms with E-state index in [1.807, 2.05) is 0 Å². The van der Waals surface area contributed by atoms with E-state index < -0.39 is 0 Å². The molecule has 1 rings (SSSR count). The first-order valence-electron chi connectivity index (χ1n) is 5.78. The molecule has 1 aromatic rings. The van der Waals surface area contributed by atoms with Gasteiger partial charge in [0.05, 0.1) is 0 Å². The van der Waals surface area contributed by atoms with Crippen molar-refractivity contribution in [3.05, 3.63) is 34.9 Å². The lowest BCUT2D eigenvalue weighted by molar-refractivity contribution is 0.712. The predicted molar refractivity (Wildman–Crippen MR) is 62.6 cm³/mol. The van der Waals surface area contributed by atoms with Crippen molar-refractivity contribution < 1.29 is 0 Å². The molecule has 0 aliphatic carbocycles. The molecule has 0 spiro atoms. The minimum atomic E-state index is 1.14. The third-order valence-electron chi connectivity index (χ3n) is 2.82. The maximum Gasteiger partial charge on any atom is -0.0146 e. The fourth-order valence-electron chi connectivity index (χ4n) is 1.96. The molecule has 0 bridgehead atoms. The maximum absolute atomic E-state index is 3.39. The third-order valence-corrected chi connectivity index (χ3v) is 2.82. The van der Waals surface area contributed by atoms with Gasteiger partial charge in [0, 0.05) is 0 Å². The molecule has 14 heavy (non-hydrogen) atoms. The van der Waals surface area contributed by atoms with Crippen molar-refractivity contribution in [2.45, 2.75) is 52.9 Å². The van der Waals surface area contributed by atoms with Gasteiger partial charge in [0.25, 0.3) is 0 Å². The van der Waals surface area contributed by atoms with Crippen LogP contribution in [-0.4, -0.2) is 0 Å². The number of aryl methyl sites for hydroxylation is 2. The van der Waals surface area contributed by atoms with Crippen LogP contribution in [0.2, 0.25) is 0 Å². The number of hydrogen-bond donors (Lipinski definition) is 0. The summed E-state index contributed by atoms with van der Waals surface area (Å²) >= 11 is 0. The number of unbranched alkanes of at least 4 members (excludes halogenated alkanes) is 2. The lowest BCUT2D eigenvalue weighted by atomic mass is 9.96. The van der Waals surface area contributed by atoms with Crippen LogP contribution in [0.25, 0.3) is 0 Å². The largest absolute Gasteiger partial charge is 0.0654 e. The van der Waals surface area contributed by atoms with E-state index in [0.717, 1.165) is 6.42 Å². The average molecular weight is 189 g/mol. The molecule has 77 valence electrons. The van der Waals surface area contributed by atoms with Gasteiger partial charge in [0.15, 0.2) is 0 Å². The highest BCUT2D eigenvalue weighted by Gasteiger charge is 2.02. The molecule has 0 aromatic heterocycles.